The number of carbonyl (C=O) groups is 1. The third-order valence-corrected chi connectivity index (χ3v) is 4.71. The maximum Gasteiger partial charge on any atom is 0.315 e. The van der Waals surface area contributed by atoms with Gasteiger partial charge in [-0.15, -0.1) is 0 Å². The largest absolute Gasteiger partial charge is 0.396 e. The minimum absolute atomic E-state index is 0.00606. The zero-order chi connectivity index (χ0) is 13.7. The summed E-state index contributed by atoms with van der Waals surface area (Å²) in [5.74, 6) is 1.18. The van der Waals surface area contributed by atoms with E-state index in [0.717, 1.165) is 44.4 Å². The summed E-state index contributed by atoms with van der Waals surface area (Å²) in [5, 5.41) is 15.3. The van der Waals surface area contributed by atoms with E-state index in [9.17, 15) is 4.79 Å². The highest BCUT2D eigenvalue weighted by molar-refractivity contribution is 5.74. The Bertz CT molecular complexity index is 288. The first-order valence-corrected chi connectivity index (χ1v) is 7.85. The normalized spacial score (nSPS) is 35.7. The van der Waals surface area contributed by atoms with E-state index >= 15 is 0 Å². The molecule has 110 valence electrons. The maximum absolute atomic E-state index is 12.0. The zero-order valence-corrected chi connectivity index (χ0v) is 12.0. The molecule has 2 atom stereocenters. The third kappa shape index (κ3) is 4.68. The number of amides is 2. The topological polar surface area (TPSA) is 61.4 Å². The van der Waals surface area contributed by atoms with E-state index in [1.807, 2.05) is 0 Å². The Labute approximate surface area is 116 Å². The second kappa shape index (κ2) is 7.13. The molecule has 4 nitrogen and oxygen atoms in total. The molecule has 2 unspecified atom stereocenters. The summed E-state index contributed by atoms with van der Waals surface area (Å²) in [6.07, 6.45) is 8.82. The first-order chi connectivity index (χ1) is 9.17. The molecule has 0 aromatic carbocycles. The molecule has 0 aromatic rings. The fourth-order valence-electron chi connectivity index (χ4n) is 3.47. The van der Waals surface area contributed by atoms with E-state index < -0.39 is 0 Å². The van der Waals surface area contributed by atoms with E-state index in [2.05, 4.69) is 17.6 Å². The second-order valence-corrected chi connectivity index (χ2v) is 6.49. The van der Waals surface area contributed by atoms with Crippen LogP contribution >= 0.6 is 0 Å². The molecule has 0 bridgehead atoms. The van der Waals surface area contributed by atoms with Gasteiger partial charge in [-0.25, -0.2) is 4.79 Å². The Kier molecular flexibility index (Phi) is 5.49. The zero-order valence-electron chi connectivity index (χ0n) is 12.0. The van der Waals surface area contributed by atoms with Crippen molar-refractivity contribution >= 4 is 6.03 Å². The lowest BCUT2D eigenvalue weighted by Crippen LogP contribution is -2.48. The van der Waals surface area contributed by atoms with Gasteiger partial charge in [0.1, 0.15) is 0 Å². The highest BCUT2D eigenvalue weighted by atomic mass is 16.3. The summed E-state index contributed by atoms with van der Waals surface area (Å²) in [4.78, 5) is 12.0. The average molecular weight is 268 g/mol. The number of hydrogen-bond acceptors (Lipinski definition) is 2. The summed E-state index contributed by atoms with van der Waals surface area (Å²) in [5.41, 5.74) is 0. The van der Waals surface area contributed by atoms with Crippen LogP contribution in [0, 0.1) is 11.8 Å². The summed E-state index contributed by atoms with van der Waals surface area (Å²) in [6.45, 7) is 2.56. The van der Waals surface area contributed by atoms with Gasteiger partial charge >= 0.3 is 6.03 Å². The van der Waals surface area contributed by atoms with Gasteiger partial charge in [-0.2, -0.15) is 0 Å². The summed E-state index contributed by atoms with van der Waals surface area (Å²) in [7, 11) is 0. The van der Waals surface area contributed by atoms with Crippen LogP contribution in [0.5, 0.6) is 0 Å². The lowest BCUT2D eigenvalue weighted by Gasteiger charge is -2.30. The van der Waals surface area contributed by atoms with E-state index in [0.29, 0.717) is 24.6 Å². The summed E-state index contributed by atoms with van der Waals surface area (Å²) in [6, 6.07) is 0.660. The number of nitrogens with one attached hydrogen (secondary N) is 2. The quantitative estimate of drug-likeness (QED) is 0.736. The Morgan fingerprint density at radius 2 is 1.74 bits per heavy atom. The number of hydrogen-bond donors (Lipinski definition) is 3. The molecule has 2 amide bonds. The molecule has 19 heavy (non-hydrogen) atoms. The molecule has 0 spiro atoms. The van der Waals surface area contributed by atoms with Crippen molar-refractivity contribution in [3.63, 3.8) is 0 Å². The smallest absolute Gasteiger partial charge is 0.315 e. The van der Waals surface area contributed by atoms with Crippen LogP contribution in [0.2, 0.25) is 0 Å². The van der Waals surface area contributed by atoms with Crippen LogP contribution in [-0.2, 0) is 0 Å². The fraction of sp³-hybridized carbons (Fsp3) is 0.933. The van der Waals surface area contributed by atoms with Crippen molar-refractivity contribution in [2.45, 2.75) is 70.4 Å². The Morgan fingerprint density at radius 1 is 1.05 bits per heavy atom. The van der Waals surface area contributed by atoms with Crippen LogP contribution in [0.15, 0.2) is 0 Å². The van der Waals surface area contributed by atoms with Crippen molar-refractivity contribution in [1.82, 2.24) is 10.6 Å². The molecule has 0 aliphatic heterocycles. The van der Waals surface area contributed by atoms with Crippen LogP contribution in [0.3, 0.4) is 0 Å². The van der Waals surface area contributed by atoms with Gasteiger partial charge in [-0.05, 0) is 50.4 Å². The molecule has 2 aliphatic carbocycles. The van der Waals surface area contributed by atoms with Crippen LogP contribution in [0.1, 0.15) is 58.3 Å². The Hall–Kier alpha value is -0.770. The maximum atomic E-state index is 12.0. The Balaban J connectivity index is 1.67. The van der Waals surface area contributed by atoms with Crippen molar-refractivity contribution in [1.29, 1.82) is 0 Å². The molecule has 2 fully saturated rings. The minimum Gasteiger partial charge on any atom is -0.396 e. The van der Waals surface area contributed by atoms with Crippen molar-refractivity contribution in [2.24, 2.45) is 11.8 Å². The average Bonchev–Trinajstić information content (AvgIpc) is 2.39. The van der Waals surface area contributed by atoms with Crippen molar-refractivity contribution < 1.29 is 9.90 Å². The first kappa shape index (κ1) is 14.6. The van der Waals surface area contributed by atoms with Gasteiger partial charge < -0.3 is 15.7 Å². The molecule has 2 saturated carbocycles. The highest BCUT2D eigenvalue weighted by Gasteiger charge is 2.24. The van der Waals surface area contributed by atoms with Gasteiger partial charge in [0.15, 0.2) is 0 Å². The molecule has 0 aromatic heterocycles. The molecular weight excluding hydrogens is 240 g/mol. The van der Waals surface area contributed by atoms with E-state index in [4.69, 9.17) is 5.11 Å². The van der Waals surface area contributed by atoms with Crippen molar-refractivity contribution in [3.8, 4) is 0 Å². The van der Waals surface area contributed by atoms with Gasteiger partial charge in [-0.3, -0.25) is 0 Å². The van der Waals surface area contributed by atoms with Gasteiger partial charge in [0.25, 0.3) is 0 Å². The number of aliphatic hydroxyl groups is 1. The van der Waals surface area contributed by atoms with Gasteiger partial charge in [0, 0.05) is 18.7 Å². The number of urea groups is 1. The fourth-order valence-corrected chi connectivity index (χ4v) is 3.47. The standard InChI is InChI=1S/C15H28N2O2/c1-11-3-2-4-14(9-11)17-15(19)16-13-7-5-12(10-18)6-8-13/h11-14,18H,2-10H2,1H3,(H2,16,17,19). The first-order valence-electron chi connectivity index (χ1n) is 7.85. The van der Waals surface area contributed by atoms with Crippen molar-refractivity contribution in [3.05, 3.63) is 0 Å². The third-order valence-electron chi connectivity index (χ3n) is 4.71. The second-order valence-electron chi connectivity index (χ2n) is 6.49. The summed E-state index contributed by atoms with van der Waals surface area (Å²) >= 11 is 0. The lowest BCUT2D eigenvalue weighted by molar-refractivity contribution is 0.173. The highest BCUT2D eigenvalue weighted by Crippen LogP contribution is 2.25. The predicted molar refractivity (Wildman–Crippen MR) is 75.9 cm³/mol. The molecule has 2 rings (SSSR count). The molecule has 2 aliphatic rings. The predicted octanol–water partition coefficient (Wildman–Crippen LogP) is 2.42. The molecule has 0 saturated heterocycles. The molecule has 0 heterocycles. The monoisotopic (exact) mass is 268 g/mol. The van der Waals surface area contributed by atoms with E-state index in [1.54, 1.807) is 0 Å². The van der Waals surface area contributed by atoms with Crippen LogP contribution in [-0.4, -0.2) is 29.8 Å². The molecule has 0 radical (unpaired) electrons. The van der Waals surface area contributed by atoms with Gasteiger partial charge in [0.05, 0.1) is 0 Å². The van der Waals surface area contributed by atoms with E-state index in [-0.39, 0.29) is 6.03 Å². The minimum atomic E-state index is 0.00606. The van der Waals surface area contributed by atoms with Crippen LogP contribution in [0.25, 0.3) is 0 Å². The number of aliphatic hydroxyl groups excluding tert-OH is 1. The van der Waals surface area contributed by atoms with Gasteiger partial charge in [0.2, 0.25) is 0 Å². The number of carbonyl (C=O) groups excluding carboxylic acids is 1. The SMILES string of the molecule is CC1CCCC(NC(=O)NC2CCC(CO)CC2)C1. The lowest BCUT2D eigenvalue weighted by atomic mass is 9.86. The number of rotatable bonds is 3. The van der Waals surface area contributed by atoms with Crippen LogP contribution in [0.4, 0.5) is 4.79 Å². The van der Waals surface area contributed by atoms with Crippen molar-refractivity contribution in [2.75, 3.05) is 6.61 Å². The van der Waals surface area contributed by atoms with Gasteiger partial charge in [-0.1, -0.05) is 19.8 Å². The molecule has 3 N–H and O–H groups in total. The van der Waals surface area contributed by atoms with E-state index in [1.165, 1.54) is 12.8 Å². The summed E-state index contributed by atoms with van der Waals surface area (Å²) < 4.78 is 0. The molecule has 4 heteroatoms. The molecular formula is C15H28N2O2. The van der Waals surface area contributed by atoms with Crippen LogP contribution < -0.4 is 10.6 Å². The Morgan fingerprint density at radius 3 is 2.37 bits per heavy atom.